The molecule has 19 heavy (non-hydrogen) atoms. The van der Waals surface area contributed by atoms with Gasteiger partial charge in [0.05, 0.1) is 0 Å². The molecule has 0 aliphatic carbocycles. The van der Waals surface area contributed by atoms with Crippen LogP contribution in [0.5, 0.6) is 0 Å². The zero-order chi connectivity index (χ0) is 14.2. The first-order valence-corrected chi connectivity index (χ1v) is 7.20. The zero-order valence-electron chi connectivity index (χ0n) is 11.1. The maximum atomic E-state index is 11.3. The lowest BCUT2D eigenvalue weighted by Crippen LogP contribution is -2.11. The number of carboxylic acid groups (broad SMARTS) is 1. The van der Waals surface area contributed by atoms with Crippen molar-refractivity contribution in [1.29, 1.82) is 0 Å². The Morgan fingerprint density at radius 3 is 2.47 bits per heavy atom. The molecule has 2 rings (SSSR count). The molecule has 0 aliphatic rings. The van der Waals surface area contributed by atoms with Crippen LogP contribution in [0.3, 0.4) is 0 Å². The first-order chi connectivity index (χ1) is 8.91. The van der Waals surface area contributed by atoms with Gasteiger partial charge in [-0.3, -0.25) is 0 Å². The van der Waals surface area contributed by atoms with Crippen molar-refractivity contribution in [2.24, 2.45) is 0 Å². The molecule has 1 aromatic heterocycles. The minimum Gasteiger partial charge on any atom is -0.477 e. The lowest BCUT2D eigenvalue weighted by molar-refractivity contribution is 0.0683. The molecule has 0 saturated heterocycles. The van der Waals surface area contributed by atoms with Crippen LogP contribution in [0.1, 0.15) is 35.9 Å². The number of aromatic carboxylic acids is 1. The van der Waals surface area contributed by atoms with Crippen molar-refractivity contribution in [1.82, 2.24) is 4.57 Å². The Hall–Kier alpha value is -1.30. The highest BCUT2D eigenvalue weighted by Gasteiger charge is 2.17. The minimum atomic E-state index is -0.887. The molecule has 2 aromatic rings. The molecule has 3 nitrogen and oxygen atoms in total. The van der Waals surface area contributed by atoms with Crippen molar-refractivity contribution >= 4 is 28.6 Å². The van der Waals surface area contributed by atoms with E-state index in [1.54, 1.807) is 6.07 Å². The van der Waals surface area contributed by atoms with Crippen LogP contribution in [0.4, 0.5) is 0 Å². The van der Waals surface area contributed by atoms with Crippen LogP contribution >= 0.6 is 22.6 Å². The van der Waals surface area contributed by atoms with E-state index in [9.17, 15) is 9.90 Å². The molecule has 0 bridgehead atoms. The molecule has 1 aromatic carbocycles. The van der Waals surface area contributed by atoms with E-state index in [1.165, 1.54) is 9.13 Å². The molecule has 0 atom stereocenters. The van der Waals surface area contributed by atoms with Gasteiger partial charge in [-0.05, 0) is 72.7 Å². The van der Waals surface area contributed by atoms with Crippen LogP contribution in [-0.4, -0.2) is 15.6 Å². The fraction of sp³-hybridized carbons (Fsp3) is 0.267. The summed E-state index contributed by atoms with van der Waals surface area (Å²) in [5.41, 5.74) is 3.56. The van der Waals surface area contributed by atoms with Gasteiger partial charge < -0.3 is 9.67 Å². The minimum absolute atomic E-state index is 0.107. The van der Waals surface area contributed by atoms with E-state index in [0.29, 0.717) is 5.69 Å². The molecule has 0 saturated carbocycles. The van der Waals surface area contributed by atoms with E-state index >= 15 is 0 Å². The van der Waals surface area contributed by atoms with Crippen LogP contribution in [0.15, 0.2) is 30.3 Å². The standard InChI is InChI=1S/C15H16INO2/c1-9(2)17-13(6-7-14(17)15(18)19)11-5-4-10(3)12(16)8-11/h4-9H,1-3H3,(H,18,19). The van der Waals surface area contributed by atoms with Gasteiger partial charge in [0.15, 0.2) is 0 Å². The van der Waals surface area contributed by atoms with Crippen molar-refractivity contribution in [2.45, 2.75) is 26.8 Å². The Labute approximate surface area is 126 Å². The predicted molar refractivity (Wildman–Crippen MR) is 84.7 cm³/mol. The quantitative estimate of drug-likeness (QED) is 0.818. The average Bonchev–Trinajstić information content (AvgIpc) is 2.77. The van der Waals surface area contributed by atoms with E-state index in [1.807, 2.05) is 30.5 Å². The Balaban J connectivity index is 2.62. The SMILES string of the molecule is Cc1ccc(-c2ccc(C(=O)O)n2C(C)C)cc1I. The maximum Gasteiger partial charge on any atom is 0.352 e. The van der Waals surface area contributed by atoms with Crippen molar-refractivity contribution in [3.63, 3.8) is 0 Å². The number of nitrogens with zero attached hydrogens (tertiary/aromatic N) is 1. The number of aryl methyl sites for hydroxylation is 1. The monoisotopic (exact) mass is 369 g/mol. The van der Waals surface area contributed by atoms with Gasteiger partial charge in [-0.2, -0.15) is 0 Å². The predicted octanol–water partition coefficient (Wildman–Crippen LogP) is 4.35. The number of rotatable bonds is 3. The summed E-state index contributed by atoms with van der Waals surface area (Å²) in [6, 6.07) is 9.85. The maximum absolute atomic E-state index is 11.3. The highest BCUT2D eigenvalue weighted by molar-refractivity contribution is 14.1. The van der Waals surface area contributed by atoms with Crippen LogP contribution in [0.2, 0.25) is 0 Å². The lowest BCUT2D eigenvalue weighted by atomic mass is 10.1. The third kappa shape index (κ3) is 2.68. The van der Waals surface area contributed by atoms with Crippen molar-refractivity contribution in [3.8, 4) is 11.3 Å². The van der Waals surface area contributed by atoms with Gasteiger partial charge in [-0.15, -0.1) is 0 Å². The second-order valence-electron chi connectivity index (χ2n) is 4.84. The summed E-state index contributed by atoms with van der Waals surface area (Å²) in [6.07, 6.45) is 0. The van der Waals surface area contributed by atoms with E-state index < -0.39 is 5.97 Å². The second-order valence-corrected chi connectivity index (χ2v) is 6.00. The zero-order valence-corrected chi connectivity index (χ0v) is 13.3. The van der Waals surface area contributed by atoms with E-state index in [-0.39, 0.29) is 6.04 Å². The van der Waals surface area contributed by atoms with E-state index in [4.69, 9.17) is 0 Å². The molecule has 0 amide bonds. The Morgan fingerprint density at radius 2 is 1.95 bits per heavy atom. The normalized spacial score (nSPS) is 11.0. The summed E-state index contributed by atoms with van der Waals surface area (Å²) in [7, 11) is 0. The molecule has 0 fully saturated rings. The molecule has 0 unspecified atom stereocenters. The Morgan fingerprint density at radius 1 is 1.26 bits per heavy atom. The highest BCUT2D eigenvalue weighted by atomic mass is 127. The summed E-state index contributed by atoms with van der Waals surface area (Å²) in [5.74, 6) is -0.887. The number of carboxylic acids is 1. The smallest absolute Gasteiger partial charge is 0.352 e. The summed E-state index contributed by atoms with van der Waals surface area (Å²) in [6.45, 7) is 6.06. The molecule has 0 aliphatic heterocycles. The molecular formula is C15H16INO2. The number of halogens is 1. The van der Waals surface area contributed by atoms with Gasteiger partial charge in [0.25, 0.3) is 0 Å². The van der Waals surface area contributed by atoms with Crippen LogP contribution in [0.25, 0.3) is 11.3 Å². The number of hydrogen-bond acceptors (Lipinski definition) is 1. The molecule has 100 valence electrons. The lowest BCUT2D eigenvalue weighted by Gasteiger charge is -2.16. The molecule has 4 heteroatoms. The molecule has 0 radical (unpaired) electrons. The Bertz CT molecular complexity index is 629. The second kappa shape index (κ2) is 5.36. The fourth-order valence-corrected chi connectivity index (χ4v) is 2.68. The van der Waals surface area contributed by atoms with Crippen LogP contribution in [-0.2, 0) is 0 Å². The summed E-state index contributed by atoms with van der Waals surface area (Å²) >= 11 is 2.30. The molecular weight excluding hydrogens is 353 g/mol. The van der Waals surface area contributed by atoms with Crippen LogP contribution < -0.4 is 0 Å². The van der Waals surface area contributed by atoms with Crippen molar-refractivity contribution < 1.29 is 9.90 Å². The summed E-state index contributed by atoms with van der Waals surface area (Å²) in [4.78, 5) is 11.3. The summed E-state index contributed by atoms with van der Waals surface area (Å²) < 4.78 is 3.05. The van der Waals surface area contributed by atoms with Crippen LogP contribution in [0, 0.1) is 10.5 Å². The fourth-order valence-electron chi connectivity index (χ4n) is 2.17. The number of hydrogen-bond donors (Lipinski definition) is 1. The first-order valence-electron chi connectivity index (χ1n) is 6.13. The van der Waals surface area contributed by atoms with Gasteiger partial charge in [-0.25, -0.2) is 4.79 Å². The number of aromatic nitrogens is 1. The molecule has 1 heterocycles. The van der Waals surface area contributed by atoms with Gasteiger partial charge in [0.1, 0.15) is 5.69 Å². The largest absolute Gasteiger partial charge is 0.477 e. The van der Waals surface area contributed by atoms with Crippen molar-refractivity contribution in [2.75, 3.05) is 0 Å². The van der Waals surface area contributed by atoms with Gasteiger partial charge >= 0.3 is 5.97 Å². The van der Waals surface area contributed by atoms with Gasteiger partial charge in [0, 0.05) is 15.3 Å². The topological polar surface area (TPSA) is 42.2 Å². The van der Waals surface area contributed by atoms with Gasteiger partial charge in [-0.1, -0.05) is 12.1 Å². The van der Waals surface area contributed by atoms with E-state index in [2.05, 4.69) is 41.6 Å². The Kier molecular flexibility index (Phi) is 3.99. The number of benzene rings is 1. The summed E-state index contributed by atoms with van der Waals surface area (Å²) in [5, 5.41) is 9.25. The third-order valence-electron chi connectivity index (χ3n) is 3.12. The highest BCUT2D eigenvalue weighted by Crippen LogP contribution is 2.28. The average molecular weight is 369 g/mol. The molecule has 1 N–H and O–H groups in total. The third-order valence-corrected chi connectivity index (χ3v) is 4.28. The molecule has 0 spiro atoms. The van der Waals surface area contributed by atoms with Crippen molar-refractivity contribution in [3.05, 3.63) is 45.2 Å². The van der Waals surface area contributed by atoms with E-state index in [0.717, 1.165) is 11.3 Å². The van der Waals surface area contributed by atoms with Gasteiger partial charge in [0.2, 0.25) is 0 Å². The first kappa shape index (κ1) is 14.1. The number of carbonyl (C=O) groups is 1.